The van der Waals surface area contributed by atoms with Gasteiger partial charge in [0.15, 0.2) is 0 Å². The Hall–Kier alpha value is -2.48. The summed E-state index contributed by atoms with van der Waals surface area (Å²) < 4.78 is 2.75. The normalized spacial score (nSPS) is 14.5. The maximum Gasteiger partial charge on any atom is 0.274 e. The first-order valence-corrected chi connectivity index (χ1v) is 10.3. The van der Waals surface area contributed by atoms with Crippen molar-refractivity contribution in [2.75, 3.05) is 6.54 Å². The van der Waals surface area contributed by atoms with E-state index in [1.54, 1.807) is 22.2 Å². The van der Waals surface area contributed by atoms with Gasteiger partial charge >= 0.3 is 0 Å². The Kier molecular flexibility index (Phi) is 4.30. The van der Waals surface area contributed by atoms with Gasteiger partial charge in [-0.1, -0.05) is 17.7 Å². The summed E-state index contributed by atoms with van der Waals surface area (Å²) in [6.45, 7) is 4.33. The second-order valence-electron chi connectivity index (χ2n) is 7.04. The molecule has 4 heterocycles. The highest BCUT2D eigenvalue weighted by molar-refractivity contribution is 7.18. The molecule has 142 valence electrons. The van der Waals surface area contributed by atoms with Gasteiger partial charge in [-0.05, 0) is 43.2 Å². The highest BCUT2D eigenvalue weighted by Gasteiger charge is 2.23. The minimum Gasteiger partial charge on any atom is -0.293 e. The van der Waals surface area contributed by atoms with Crippen LogP contribution in [-0.4, -0.2) is 31.2 Å². The number of nitrogens with one attached hydrogen (secondary N) is 1. The molecule has 1 aliphatic rings. The number of aryl methyl sites for hydroxylation is 1. The molecule has 1 aromatic carbocycles. The summed E-state index contributed by atoms with van der Waals surface area (Å²) in [7, 11) is 0. The largest absolute Gasteiger partial charge is 0.293 e. The molecule has 28 heavy (non-hydrogen) atoms. The Morgan fingerprint density at radius 2 is 2.18 bits per heavy atom. The van der Waals surface area contributed by atoms with Crippen LogP contribution in [0, 0.1) is 6.92 Å². The zero-order valence-corrected chi connectivity index (χ0v) is 16.8. The van der Waals surface area contributed by atoms with Crippen molar-refractivity contribution in [1.29, 1.82) is 0 Å². The number of benzene rings is 1. The number of halogens is 1. The van der Waals surface area contributed by atoms with Crippen LogP contribution in [0.4, 0.5) is 0 Å². The lowest BCUT2D eigenvalue weighted by Crippen LogP contribution is -2.31. The number of rotatable bonds is 3. The monoisotopic (exact) mass is 411 g/mol. The quantitative estimate of drug-likeness (QED) is 0.522. The van der Waals surface area contributed by atoms with Crippen LogP contribution >= 0.6 is 22.9 Å². The maximum absolute atomic E-state index is 12.9. The van der Waals surface area contributed by atoms with Crippen LogP contribution < -0.4 is 5.56 Å². The minimum absolute atomic E-state index is 0.0448. The average molecular weight is 412 g/mol. The molecule has 0 atom stereocenters. The van der Waals surface area contributed by atoms with Crippen LogP contribution in [0.5, 0.6) is 0 Å². The molecular formula is C20H18ClN5OS. The van der Waals surface area contributed by atoms with E-state index in [4.69, 9.17) is 11.6 Å². The molecule has 5 rings (SSSR count). The highest BCUT2D eigenvalue weighted by Crippen LogP contribution is 2.24. The molecule has 0 bridgehead atoms. The van der Waals surface area contributed by atoms with Crippen molar-refractivity contribution in [1.82, 2.24) is 24.6 Å². The molecular weight excluding hydrogens is 394 g/mol. The molecule has 0 saturated heterocycles. The first kappa shape index (κ1) is 17.6. The number of thiazole rings is 1. The lowest BCUT2D eigenvalue weighted by molar-refractivity contribution is 0.242. The number of hydrogen-bond donors (Lipinski definition) is 1. The number of pyridine rings is 1. The van der Waals surface area contributed by atoms with E-state index in [9.17, 15) is 4.79 Å². The second kappa shape index (κ2) is 6.84. The lowest BCUT2D eigenvalue weighted by Gasteiger charge is -2.25. The molecule has 0 radical (unpaired) electrons. The van der Waals surface area contributed by atoms with E-state index < -0.39 is 0 Å². The molecule has 8 heteroatoms. The summed E-state index contributed by atoms with van der Waals surface area (Å²) in [4.78, 5) is 23.9. The van der Waals surface area contributed by atoms with Gasteiger partial charge in [0.25, 0.3) is 5.56 Å². The van der Waals surface area contributed by atoms with Crippen LogP contribution in [0.2, 0.25) is 5.15 Å². The van der Waals surface area contributed by atoms with Crippen molar-refractivity contribution < 1.29 is 0 Å². The molecule has 0 saturated carbocycles. The van der Waals surface area contributed by atoms with E-state index in [0.29, 0.717) is 11.7 Å². The van der Waals surface area contributed by atoms with Gasteiger partial charge in [-0.15, -0.1) is 11.3 Å². The van der Waals surface area contributed by atoms with Crippen LogP contribution in [0.1, 0.15) is 21.8 Å². The Morgan fingerprint density at radius 1 is 1.29 bits per heavy atom. The zero-order valence-electron chi connectivity index (χ0n) is 15.3. The van der Waals surface area contributed by atoms with Gasteiger partial charge in [0.05, 0.1) is 26.6 Å². The fourth-order valence-electron chi connectivity index (χ4n) is 3.72. The van der Waals surface area contributed by atoms with Gasteiger partial charge in [-0.3, -0.25) is 14.8 Å². The average Bonchev–Trinajstić information content (AvgIpc) is 3.22. The van der Waals surface area contributed by atoms with Crippen molar-refractivity contribution in [3.05, 3.63) is 73.9 Å². The third kappa shape index (κ3) is 3.15. The number of nitrogens with zero attached hydrogens (tertiary/aromatic N) is 4. The van der Waals surface area contributed by atoms with E-state index >= 15 is 0 Å². The molecule has 0 aliphatic carbocycles. The fraction of sp³-hybridized carbons (Fsp3) is 0.250. The predicted octanol–water partition coefficient (Wildman–Crippen LogP) is 3.69. The van der Waals surface area contributed by atoms with Crippen molar-refractivity contribution >= 4 is 33.2 Å². The van der Waals surface area contributed by atoms with E-state index in [0.717, 1.165) is 57.2 Å². The smallest absolute Gasteiger partial charge is 0.274 e. The van der Waals surface area contributed by atoms with Gasteiger partial charge in [-0.25, -0.2) is 14.6 Å². The fourth-order valence-corrected chi connectivity index (χ4v) is 4.69. The SMILES string of the molecule is Cc1nc2ccc(-n3[nH]c4c(c3=O)CCN(Cc3ccc(Cl)nc3)C4)cc2s1. The Labute approximate surface area is 170 Å². The van der Waals surface area contributed by atoms with Gasteiger partial charge in [0.2, 0.25) is 0 Å². The molecule has 0 amide bonds. The molecule has 6 nitrogen and oxygen atoms in total. The van der Waals surface area contributed by atoms with Crippen LogP contribution in [-0.2, 0) is 19.5 Å². The zero-order chi connectivity index (χ0) is 19.3. The molecule has 0 spiro atoms. The topological polar surface area (TPSA) is 66.8 Å². The van der Waals surface area contributed by atoms with Crippen molar-refractivity contribution in [3.63, 3.8) is 0 Å². The van der Waals surface area contributed by atoms with E-state index in [-0.39, 0.29) is 5.56 Å². The highest BCUT2D eigenvalue weighted by atomic mass is 35.5. The van der Waals surface area contributed by atoms with Crippen LogP contribution in [0.25, 0.3) is 15.9 Å². The standard InChI is InChI=1S/C20H18ClN5OS/c1-12-23-16-4-3-14(8-18(16)28-12)26-20(27)15-6-7-25(11-17(15)24-26)10-13-2-5-19(21)22-9-13/h2-5,8-9,24H,6-7,10-11H2,1H3. The summed E-state index contributed by atoms with van der Waals surface area (Å²) in [5.74, 6) is 0. The van der Waals surface area contributed by atoms with Crippen molar-refractivity contribution in [2.45, 2.75) is 26.4 Å². The molecule has 4 aromatic rings. The number of hydrogen-bond acceptors (Lipinski definition) is 5. The molecule has 1 N–H and O–H groups in total. The number of H-pyrrole nitrogens is 1. The maximum atomic E-state index is 12.9. The summed E-state index contributed by atoms with van der Waals surface area (Å²) in [5, 5.41) is 4.85. The summed E-state index contributed by atoms with van der Waals surface area (Å²) >= 11 is 7.51. The lowest BCUT2D eigenvalue weighted by atomic mass is 10.1. The Bertz CT molecular complexity index is 1220. The summed E-state index contributed by atoms with van der Waals surface area (Å²) in [5.41, 5.74) is 4.84. The van der Waals surface area contributed by atoms with Gasteiger partial charge in [0.1, 0.15) is 5.15 Å². The second-order valence-corrected chi connectivity index (χ2v) is 8.67. The minimum atomic E-state index is 0.0448. The molecule has 0 unspecified atom stereocenters. The Morgan fingerprint density at radius 3 is 3.00 bits per heavy atom. The first-order valence-electron chi connectivity index (χ1n) is 9.10. The van der Waals surface area contributed by atoms with Gasteiger partial charge < -0.3 is 0 Å². The number of aromatic nitrogens is 4. The molecule has 0 fully saturated rings. The Balaban J connectivity index is 1.43. The molecule has 1 aliphatic heterocycles. The first-order chi connectivity index (χ1) is 13.6. The van der Waals surface area contributed by atoms with Gasteiger partial charge in [0, 0.05) is 31.4 Å². The summed E-state index contributed by atoms with van der Waals surface area (Å²) in [6.07, 6.45) is 2.54. The third-order valence-electron chi connectivity index (χ3n) is 5.06. The number of aromatic amines is 1. The predicted molar refractivity (Wildman–Crippen MR) is 111 cm³/mol. The van der Waals surface area contributed by atoms with E-state index in [1.165, 1.54) is 0 Å². The van der Waals surface area contributed by atoms with Crippen molar-refractivity contribution in [3.8, 4) is 5.69 Å². The van der Waals surface area contributed by atoms with Gasteiger partial charge in [-0.2, -0.15) is 0 Å². The molecule has 3 aromatic heterocycles. The summed E-state index contributed by atoms with van der Waals surface area (Å²) in [6, 6.07) is 9.75. The van der Waals surface area contributed by atoms with Crippen molar-refractivity contribution in [2.24, 2.45) is 0 Å². The van der Waals surface area contributed by atoms with E-state index in [2.05, 4.69) is 20.0 Å². The van der Waals surface area contributed by atoms with Crippen LogP contribution in [0.15, 0.2) is 41.3 Å². The number of fused-ring (bicyclic) bond motifs is 2. The van der Waals surface area contributed by atoms with Crippen LogP contribution in [0.3, 0.4) is 0 Å². The van der Waals surface area contributed by atoms with E-state index in [1.807, 2.05) is 37.3 Å². The third-order valence-corrected chi connectivity index (χ3v) is 6.22.